The van der Waals surface area contributed by atoms with Crippen molar-refractivity contribution in [1.29, 1.82) is 0 Å². The van der Waals surface area contributed by atoms with Crippen molar-refractivity contribution in [2.45, 2.75) is 77.2 Å². The lowest BCUT2D eigenvalue weighted by Crippen LogP contribution is -2.69. The first-order valence-electron chi connectivity index (χ1n) is 14.5. The van der Waals surface area contributed by atoms with Crippen molar-refractivity contribution in [2.24, 2.45) is 5.92 Å². The van der Waals surface area contributed by atoms with Gasteiger partial charge in [-0.05, 0) is 50.8 Å². The number of imide groups is 1. The topological polar surface area (TPSA) is 124 Å². The molecular weight excluding hydrogens is 534 g/mol. The Morgan fingerprint density at radius 2 is 1.79 bits per heavy atom. The van der Waals surface area contributed by atoms with Crippen molar-refractivity contribution in [2.75, 3.05) is 6.54 Å². The summed E-state index contributed by atoms with van der Waals surface area (Å²) in [6, 6.07) is 15.0. The minimum atomic E-state index is -0.936. The largest absolute Gasteiger partial charge is 0.444 e. The van der Waals surface area contributed by atoms with Crippen LogP contribution in [0.1, 0.15) is 51.7 Å². The van der Waals surface area contributed by atoms with Gasteiger partial charge in [0.15, 0.2) is 0 Å². The number of aromatic amines is 1. The molecule has 42 heavy (non-hydrogen) atoms. The Balaban J connectivity index is 1.35. The van der Waals surface area contributed by atoms with E-state index in [1.165, 1.54) is 4.90 Å². The van der Waals surface area contributed by atoms with E-state index in [2.05, 4.69) is 15.6 Å². The van der Waals surface area contributed by atoms with Gasteiger partial charge in [-0.25, -0.2) is 9.59 Å². The van der Waals surface area contributed by atoms with Crippen LogP contribution in [-0.4, -0.2) is 69.0 Å². The van der Waals surface area contributed by atoms with Crippen LogP contribution in [0.15, 0.2) is 60.8 Å². The lowest BCUT2D eigenvalue weighted by Gasteiger charge is -2.49. The van der Waals surface area contributed by atoms with E-state index in [1.54, 1.807) is 25.7 Å². The van der Waals surface area contributed by atoms with Gasteiger partial charge in [-0.1, -0.05) is 55.5 Å². The molecule has 2 aliphatic heterocycles. The van der Waals surface area contributed by atoms with Crippen LogP contribution >= 0.6 is 0 Å². The number of ether oxygens (including phenoxy) is 1. The van der Waals surface area contributed by atoms with Crippen molar-refractivity contribution in [3.8, 4) is 0 Å². The molecule has 10 heteroatoms. The molecule has 3 aromatic rings. The summed E-state index contributed by atoms with van der Waals surface area (Å²) < 4.78 is 5.47. The van der Waals surface area contributed by atoms with Crippen LogP contribution in [0.5, 0.6) is 0 Å². The number of fused-ring (bicyclic) bond motifs is 2. The number of rotatable bonds is 7. The highest BCUT2D eigenvalue weighted by Crippen LogP contribution is 2.32. The van der Waals surface area contributed by atoms with E-state index in [1.807, 2.05) is 67.7 Å². The first-order chi connectivity index (χ1) is 20.0. The number of aromatic nitrogens is 1. The van der Waals surface area contributed by atoms with Crippen LogP contribution in [0, 0.1) is 5.92 Å². The fourth-order valence-corrected chi connectivity index (χ4v) is 6.03. The normalized spacial score (nSPS) is 21.6. The summed E-state index contributed by atoms with van der Waals surface area (Å²) in [6.07, 6.45) is 2.67. The Hall–Kier alpha value is -4.34. The summed E-state index contributed by atoms with van der Waals surface area (Å²) >= 11 is 0. The Kier molecular flexibility index (Phi) is 8.24. The van der Waals surface area contributed by atoms with Gasteiger partial charge in [0.2, 0.25) is 11.8 Å². The van der Waals surface area contributed by atoms with Crippen LogP contribution in [0.3, 0.4) is 0 Å². The molecule has 2 aliphatic rings. The lowest BCUT2D eigenvalue weighted by atomic mass is 9.84. The molecular formula is C32H39N5O5. The van der Waals surface area contributed by atoms with Gasteiger partial charge in [0.1, 0.15) is 11.6 Å². The van der Waals surface area contributed by atoms with E-state index in [0.29, 0.717) is 19.4 Å². The second-order valence-corrected chi connectivity index (χ2v) is 12.2. The number of hydrogen-bond acceptors (Lipinski definition) is 5. The maximum atomic E-state index is 13.8. The van der Waals surface area contributed by atoms with Gasteiger partial charge in [-0.15, -0.1) is 0 Å². The average Bonchev–Trinajstić information content (AvgIpc) is 3.36. The van der Waals surface area contributed by atoms with Gasteiger partial charge in [-0.2, -0.15) is 0 Å². The SMILES string of the molecule is C[C@@H]1C(=O)N(Cc2ccccc2)C(=O)N2CCC[C@@H](NC(=O)[C@H](Cc3c[nH]c4ccccc34)NC(=O)OC(C)(C)C)[C@@H]12. The fourth-order valence-electron chi connectivity index (χ4n) is 6.03. The Morgan fingerprint density at radius 3 is 2.52 bits per heavy atom. The van der Waals surface area contributed by atoms with E-state index >= 15 is 0 Å². The molecule has 0 unspecified atom stereocenters. The second-order valence-electron chi connectivity index (χ2n) is 12.2. The monoisotopic (exact) mass is 573 g/mol. The highest BCUT2D eigenvalue weighted by molar-refractivity contribution is 5.99. The zero-order chi connectivity index (χ0) is 30.0. The molecule has 3 heterocycles. The first-order valence-corrected chi connectivity index (χ1v) is 14.5. The fraction of sp³-hybridized carbons (Fsp3) is 0.438. The highest BCUT2D eigenvalue weighted by atomic mass is 16.6. The summed E-state index contributed by atoms with van der Waals surface area (Å²) in [7, 11) is 0. The predicted molar refractivity (Wildman–Crippen MR) is 158 cm³/mol. The maximum Gasteiger partial charge on any atom is 0.408 e. The number of carbonyl (C=O) groups excluding carboxylic acids is 4. The van der Waals surface area contributed by atoms with E-state index in [9.17, 15) is 19.2 Å². The van der Waals surface area contributed by atoms with Gasteiger partial charge in [0, 0.05) is 30.1 Å². The number of para-hydroxylation sites is 1. The molecule has 0 spiro atoms. The molecule has 5 rings (SSSR count). The first kappa shape index (κ1) is 29.2. The molecule has 2 fully saturated rings. The van der Waals surface area contributed by atoms with Crippen molar-refractivity contribution >= 4 is 34.8 Å². The van der Waals surface area contributed by atoms with E-state index in [-0.39, 0.29) is 24.9 Å². The second kappa shape index (κ2) is 11.9. The molecule has 0 bridgehead atoms. The van der Waals surface area contributed by atoms with Crippen molar-refractivity contribution in [3.05, 3.63) is 71.9 Å². The quantitative estimate of drug-likeness (QED) is 0.388. The highest BCUT2D eigenvalue weighted by Gasteiger charge is 2.49. The number of H-pyrrole nitrogens is 1. The molecule has 10 nitrogen and oxygen atoms in total. The van der Waals surface area contributed by atoms with Gasteiger partial charge < -0.3 is 25.3 Å². The standard InChI is InChI=1S/C32H39N5O5/c1-20-27-25(15-10-16-36(27)31(41)37(29(20)39)19-21-11-6-5-7-12-21)34-28(38)26(35-30(40)42-32(2,3)4)17-22-18-33-24-14-9-8-13-23(22)24/h5-9,11-14,18,20,25-27,33H,10,15-17,19H2,1-4H3,(H,34,38)(H,35,40)/t20-,25+,26-,27+/m0/s1. The van der Waals surface area contributed by atoms with E-state index in [0.717, 1.165) is 22.0 Å². The molecule has 3 N–H and O–H groups in total. The number of alkyl carbamates (subject to hydrolysis) is 1. The summed E-state index contributed by atoms with van der Waals surface area (Å²) in [6.45, 7) is 7.81. The molecule has 0 aliphatic carbocycles. The number of carbonyl (C=O) groups is 4. The number of nitrogens with zero attached hydrogens (tertiary/aromatic N) is 2. The molecule has 2 aromatic carbocycles. The van der Waals surface area contributed by atoms with E-state index in [4.69, 9.17) is 4.74 Å². The average molecular weight is 574 g/mol. The predicted octanol–water partition coefficient (Wildman–Crippen LogP) is 4.35. The zero-order valence-corrected chi connectivity index (χ0v) is 24.6. The van der Waals surface area contributed by atoms with Crippen molar-refractivity contribution < 1.29 is 23.9 Å². The van der Waals surface area contributed by atoms with Gasteiger partial charge in [0.25, 0.3) is 0 Å². The molecule has 222 valence electrons. The minimum absolute atomic E-state index is 0.204. The summed E-state index contributed by atoms with van der Waals surface area (Å²) in [5, 5.41) is 6.82. The maximum absolute atomic E-state index is 13.8. The van der Waals surface area contributed by atoms with Crippen molar-refractivity contribution in [1.82, 2.24) is 25.4 Å². The summed E-state index contributed by atoms with van der Waals surface area (Å²) in [5.41, 5.74) is 1.94. The summed E-state index contributed by atoms with van der Waals surface area (Å²) in [5.74, 6) is -1.16. The number of benzene rings is 2. The number of hydrogen-bond donors (Lipinski definition) is 3. The minimum Gasteiger partial charge on any atom is -0.444 e. The molecule has 0 radical (unpaired) electrons. The molecule has 2 saturated heterocycles. The third-order valence-corrected chi connectivity index (χ3v) is 7.95. The number of nitrogens with one attached hydrogen (secondary N) is 3. The Morgan fingerprint density at radius 1 is 1.07 bits per heavy atom. The third kappa shape index (κ3) is 6.27. The van der Waals surface area contributed by atoms with Crippen LogP contribution in [0.2, 0.25) is 0 Å². The van der Waals surface area contributed by atoms with Crippen LogP contribution < -0.4 is 10.6 Å². The summed E-state index contributed by atoms with van der Waals surface area (Å²) in [4.78, 5) is 59.9. The molecule has 4 atom stereocenters. The van der Waals surface area contributed by atoms with Crippen molar-refractivity contribution in [3.63, 3.8) is 0 Å². The van der Waals surface area contributed by atoms with Gasteiger partial charge >= 0.3 is 12.1 Å². The smallest absolute Gasteiger partial charge is 0.408 e. The Labute approximate surface area is 245 Å². The van der Waals surface area contributed by atoms with Crippen LogP contribution in [0.25, 0.3) is 10.9 Å². The van der Waals surface area contributed by atoms with Gasteiger partial charge in [-0.3, -0.25) is 14.5 Å². The zero-order valence-electron chi connectivity index (χ0n) is 24.6. The van der Waals surface area contributed by atoms with Crippen LogP contribution in [-0.2, 0) is 27.3 Å². The van der Waals surface area contributed by atoms with Crippen LogP contribution in [0.4, 0.5) is 9.59 Å². The van der Waals surface area contributed by atoms with E-state index < -0.39 is 41.6 Å². The number of urea groups is 1. The molecule has 0 saturated carbocycles. The molecule has 5 amide bonds. The molecule has 1 aromatic heterocycles. The Bertz CT molecular complexity index is 1460. The number of piperidine rings is 1. The number of amides is 5. The third-order valence-electron chi connectivity index (χ3n) is 7.95. The lowest BCUT2D eigenvalue weighted by molar-refractivity contribution is -0.141. The van der Waals surface area contributed by atoms with Gasteiger partial charge in [0.05, 0.1) is 24.5 Å².